The summed E-state index contributed by atoms with van der Waals surface area (Å²) in [5.74, 6) is -8.07. The van der Waals surface area contributed by atoms with Crippen molar-refractivity contribution in [1.29, 1.82) is 0 Å². The Kier molecular flexibility index (Phi) is 6.44. The molecule has 0 heterocycles. The van der Waals surface area contributed by atoms with Crippen LogP contribution in [0.1, 0.15) is 30.4 Å². The number of benzene rings is 2. The third-order valence-corrected chi connectivity index (χ3v) is 6.64. The second-order valence-electron chi connectivity index (χ2n) is 6.93. The minimum Gasteiger partial charge on any atom is -0.289 e. The molecule has 6 nitrogen and oxygen atoms in total. The summed E-state index contributed by atoms with van der Waals surface area (Å²) < 4.78 is 81.9. The van der Waals surface area contributed by atoms with Gasteiger partial charge in [0.1, 0.15) is 0 Å². The van der Waals surface area contributed by atoms with Crippen LogP contribution in [0, 0.1) is 23.3 Å². The van der Waals surface area contributed by atoms with E-state index < -0.39 is 50.1 Å². The van der Waals surface area contributed by atoms with Crippen LogP contribution in [0.5, 0.6) is 0 Å². The molecule has 1 aliphatic carbocycles. The monoisotopic (exact) mass is 446 g/mol. The van der Waals surface area contributed by atoms with Crippen molar-refractivity contribution in [2.75, 3.05) is 0 Å². The molecule has 0 bridgehead atoms. The zero-order chi connectivity index (χ0) is 22.1. The van der Waals surface area contributed by atoms with Crippen LogP contribution in [-0.2, 0) is 27.8 Å². The van der Waals surface area contributed by atoms with Gasteiger partial charge in [-0.25, -0.2) is 31.5 Å². The molecule has 0 saturated heterocycles. The number of hydroxylamine groups is 1. The second kappa shape index (κ2) is 8.70. The van der Waals surface area contributed by atoms with Crippen LogP contribution >= 0.6 is 0 Å². The van der Waals surface area contributed by atoms with Gasteiger partial charge in [0.25, 0.3) is 0 Å². The molecule has 1 saturated carbocycles. The van der Waals surface area contributed by atoms with Gasteiger partial charge in [0.15, 0.2) is 28.2 Å². The standard InChI is InChI=1S/C19H18F4N2O4S/c20-14-9-15(21)18(23)19(17(14)22)30(28,29)25(13-6-7-13)10-12-3-1-11(2-4-12)5-8-16(26)24-27/h1-4,9,13,27H,5-8,10H2,(H,24,26). The number of carbonyl (C=O) groups excluding carboxylic acids is 1. The molecule has 1 fully saturated rings. The van der Waals surface area contributed by atoms with Gasteiger partial charge >= 0.3 is 0 Å². The van der Waals surface area contributed by atoms with Crippen molar-refractivity contribution in [3.8, 4) is 0 Å². The van der Waals surface area contributed by atoms with Gasteiger partial charge in [0.05, 0.1) is 0 Å². The molecule has 2 aromatic carbocycles. The van der Waals surface area contributed by atoms with Gasteiger partial charge in [0.2, 0.25) is 15.9 Å². The van der Waals surface area contributed by atoms with Crippen LogP contribution in [0.3, 0.4) is 0 Å². The quantitative estimate of drug-likeness (QED) is 0.283. The van der Waals surface area contributed by atoms with E-state index in [4.69, 9.17) is 5.21 Å². The van der Waals surface area contributed by atoms with E-state index in [-0.39, 0.29) is 19.0 Å². The molecule has 3 rings (SSSR count). The van der Waals surface area contributed by atoms with E-state index in [0.29, 0.717) is 24.8 Å². The number of nitrogens with one attached hydrogen (secondary N) is 1. The smallest absolute Gasteiger partial charge is 0.249 e. The van der Waals surface area contributed by atoms with Crippen LogP contribution < -0.4 is 5.48 Å². The van der Waals surface area contributed by atoms with E-state index in [2.05, 4.69) is 0 Å². The Hall–Kier alpha value is -2.50. The van der Waals surface area contributed by atoms with Gasteiger partial charge in [-0.1, -0.05) is 24.3 Å². The summed E-state index contributed by atoms with van der Waals surface area (Å²) in [7, 11) is -4.85. The summed E-state index contributed by atoms with van der Waals surface area (Å²) in [6.45, 7) is -0.249. The minimum absolute atomic E-state index is 0.0407. The molecule has 0 spiro atoms. The third-order valence-electron chi connectivity index (χ3n) is 4.72. The maximum Gasteiger partial charge on any atom is 0.249 e. The maximum absolute atomic E-state index is 14.1. The molecule has 2 N–H and O–H groups in total. The van der Waals surface area contributed by atoms with E-state index in [1.54, 1.807) is 24.3 Å². The van der Waals surface area contributed by atoms with Gasteiger partial charge in [-0.05, 0) is 30.4 Å². The number of hydrogen-bond acceptors (Lipinski definition) is 4. The third kappa shape index (κ3) is 4.63. The number of carbonyl (C=O) groups is 1. The predicted molar refractivity (Wildman–Crippen MR) is 96.7 cm³/mol. The first-order valence-corrected chi connectivity index (χ1v) is 10.4. The normalized spacial score (nSPS) is 14.2. The van der Waals surface area contributed by atoms with E-state index >= 15 is 0 Å². The maximum atomic E-state index is 14.1. The van der Waals surface area contributed by atoms with Crippen molar-refractivity contribution in [1.82, 2.24) is 9.79 Å². The highest BCUT2D eigenvalue weighted by Crippen LogP contribution is 2.36. The van der Waals surface area contributed by atoms with Crippen LogP contribution in [0.15, 0.2) is 35.2 Å². The fourth-order valence-electron chi connectivity index (χ4n) is 2.97. The summed E-state index contributed by atoms with van der Waals surface area (Å²) >= 11 is 0. The summed E-state index contributed by atoms with van der Waals surface area (Å²) in [6, 6.07) is 5.86. The van der Waals surface area contributed by atoms with Crippen LogP contribution in [0.25, 0.3) is 0 Å². The highest BCUT2D eigenvalue weighted by molar-refractivity contribution is 7.89. The van der Waals surface area contributed by atoms with Gasteiger partial charge in [-0.2, -0.15) is 4.31 Å². The molecule has 0 aromatic heterocycles. The lowest BCUT2D eigenvalue weighted by molar-refractivity contribution is -0.129. The lowest BCUT2D eigenvalue weighted by atomic mass is 10.1. The van der Waals surface area contributed by atoms with Gasteiger partial charge in [-0.15, -0.1) is 0 Å². The SMILES string of the molecule is O=C(CCc1ccc(CN(C2CC2)S(=O)(=O)c2c(F)c(F)cc(F)c2F)cc1)NO. The Bertz CT molecular complexity index is 1030. The number of nitrogens with zero attached hydrogens (tertiary/aromatic N) is 1. The fraction of sp³-hybridized carbons (Fsp3) is 0.316. The number of halogens is 4. The average molecular weight is 446 g/mol. The molecule has 162 valence electrons. The van der Waals surface area contributed by atoms with E-state index in [0.717, 1.165) is 9.87 Å². The van der Waals surface area contributed by atoms with Crippen molar-refractivity contribution in [2.45, 2.75) is 43.2 Å². The first-order valence-electron chi connectivity index (χ1n) is 9.00. The number of amides is 1. The fourth-order valence-corrected chi connectivity index (χ4v) is 4.78. The van der Waals surface area contributed by atoms with Crippen LogP contribution in [-0.4, -0.2) is 29.9 Å². The minimum atomic E-state index is -4.85. The summed E-state index contributed by atoms with van der Waals surface area (Å²) in [5.41, 5.74) is 2.74. The number of rotatable bonds is 8. The number of hydrogen-bond donors (Lipinski definition) is 2. The molecular weight excluding hydrogens is 428 g/mol. The van der Waals surface area contributed by atoms with Gasteiger partial charge in [0, 0.05) is 25.1 Å². The molecule has 0 atom stereocenters. The predicted octanol–water partition coefficient (Wildman–Crippen LogP) is 3.03. The van der Waals surface area contributed by atoms with Crippen molar-refractivity contribution in [3.63, 3.8) is 0 Å². The molecule has 11 heteroatoms. The van der Waals surface area contributed by atoms with Crippen molar-refractivity contribution in [2.24, 2.45) is 0 Å². The summed E-state index contributed by atoms with van der Waals surface area (Å²) in [6.07, 6.45) is 1.28. The van der Waals surface area contributed by atoms with Crippen LogP contribution in [0.2, 0.25) is 0 Å². The molecular formula is C19H18F4N2O4S. The summed E-state index contributed by atoms with van der Waals surface area (Å²) in [4.78, 5) is 9.44. The Morgan fingerprint density at radius 1 is 1.03 bits per heavy atom. The zero-order valence-corrected chi connectivity index (χ0v) is 16.4. The Balaban J connectivity index is 1.86. The zero-order valence-electron chi connectivity index (χ0n) is 15.5. The molecule has 1 amide bonds. The van der Waals surface area contributed by atoms with Crippen molar-refractivity contribution in [3.05, 3.63) is 64.7 Å². The second-order valence-corrected chi connectivity index (χ2v) is 8.76. The first-order chi connectivity index (χ1) is 14.1. The topological polar surface area (TPSA) is 86.7 Å². The Labute approximate surface area is 170 Å². The molecule has 2 aromatic rings. The number of sulfonamides is 1. The van der Waals surface area contributed by atoms with Gasteiger partial charge < -0.3 is 0 Å². The van der Waals surface area contributed by atoms with Crippen LogP contribution in [0.4, 0.5) is 17.6 Å². The molecule has 0 unspecified atom stereocenters. The van der Waals surface area contributed by atoms with Crippen molar-refractivity contribution < 1.29 is 36.0 Å². The first kappa shape index (κ1) is 22.2. The molecule has 30 heavy (non-hydrogen) atoms. The van der Waals surface area contributed by atoms with E-state index in [9.17, 15) is 30.8 Å². The largest absolute Gasteiger partial charge is 0.289 e. The highest BCUT2D eigenvalue weighted by atomic mass is 32.2. The summed E-state index contributed by atoms with van der Waals surface area (Å²) in [5, 5.41) is 8.50. The molecule has 0 radical (unpaired) electrons. The average Bonchev–Trinajstić information content (AvgIpc) is 3.54. The van der Waals surface area contributed by atoms with Crippen molar-refractivity contribution >= 4 is 15.9 Å². The Morgan fingerprint density at radius 3 is 2.07 bits per heavy atom. The Morgan fingerprint density at radius 2 is 1.57 bits per heavy atom. The molecule has 1 aliphatic rings. The highest BCUT2D eigenvalue weighted by Gasteiger charge is 2.42. The lowest BCUT2D eigenvalue weighted by Gasteiger charge is -2.23. The van der Waals surface area contributed by atoms with E-state index in [1.165, 1.54) is 5.48 Å². The van der Waals surface area contributed by atoms with E-state index in [1.807, 2.05) is 0 Å². The molecule has 0 aliphatic heterocycles. The lowest BCUT2D eigenvalue weighted by Crippen LogP contribution is -2.34. The van der Waals surface area contributed by atoms with Gasteiger partial charge in [-0.3, -0.25) is 10.0 Å². The number of aryl methyl sites for hydroxylation is 1.